The zero-order valence-electron chi connectivity index (χ0n) is 61.2. The Kier molecular flexibility index (Phi) is 70.9. The van der Waals surface area contributed by atoms with E-state index in [-0.39, 0.29) is 32.2 Å². The smallest absolute Gasteiger partial charge is 0.306 e. The summed E-state index contributed by atoms with van der Waals surface area (Å²) in [7, 11) is 5.95. The van der Waals surface area contributed by atoms with Crippen LogP contribution in [-0.4, -0.2) is 82.3 Å². The third kappa shape index (κ3) is 74.5. The van der Waals surface area contributed by atoms with Gasteiger partial charge in [0.05, 0.1) is 40.3 Å². The number of rotatable bonds is 75. The number of carbonyl (C=O) groups excluding carboxylic acids is 3. The number of ether oxygens (including phenoxy) is 4. The lowest BCUT2D eigenvalue weighted by Crippen LogP contribution is -2.44. The first-order valence-corrected chi connectivity index (χ1v) is 39.8. The minimum absolute atomic E-state index is 0.150. The minimum atomic E-state index is -1.62. The van der Waals surface area contributed by atoms with E-state index in [9.17, 15) is 19.5 Å². The fourth-order valence-corrected chi connectivity index (χ4v) is 12.0. The van der Waals surface area contributed by atoms with Gasteiger partial charge in [-0.3, -0.25) is 9.59 Å². The molecule has 0 rings (SSSR count). The molecule has 0 aromatic heterocycles. The second-order valence-electron chi connectivity index (χ2n) is 28.4. The van der Waals surface area contributed by atoms with Crippen LogP contribution in [0.15, 0.2) is 48.6 Å². The van der Waals surface area contributed by atoms with E-state index in [1.165, 1.54) is 321 Å². The van der Waals surface area contributed by atoms with Gasteiger partial charge in [0.15, 0.2) is 12.4 Å². The van der Waals surface area contributed by atoms with Crippen LogP contribution in [0.25, 0.3) is 0 Å². The molecule has 0 aliphatic rings. The first kappa shape index (κ1) is 88.2. The zero-order valence-corrected chi connectivity index (χ0v) is 61.2. The molecule has 0 saturated heterocycles. The summed E-state index contributed by atoms with van der Waals surface area (Å²) >= 11 is 0. The van der Waals surface area contributed by atoms with Crippen molar-refractivity contribution in [3.63, 3.8) is 0 Å². The molecule has 0 fully saturated rings. The normalized spacial score (nSPS) is 12.8. The lowest BCUT2D eigenvalue weighted by molar-refractivity contribution is -0.870. The van der Waals surface area contributed by atoms with E-state index in [0.29, 0.717) is 17.4 Å². The molecule has 0 aromatic rings. The largest absolute Gasteiger partial charge is 0.545 e. The number of carbonyl (C=O) groups is 3. The van der Waals surface area contributed by atoms with Crippen LogP contribution in [0.3, 0.4) is 0 Å². The fourth-order valence-electron chi connectivity index (χ4n) is 12.0. The molecular weight excluding hydrogens is 1130 g/mol. The molecule has 0 aliphatic heterocycles. The van der Waals surface area contributed by atoms with Gasteiger partial charge in [-0.2, -0.15) is 0 Å². The summed E-state index contributed by atoms with van der Waals surface area (Å²) in [6.07, 6.45) is 92.4. The highest BCUT2D eigenvalue weighted by Gasteiger charge is 2.22. The van der Waals surface area contributed by atoms with Crippen LogP contribution in [0.2, 0.25) is 0 Å². The van der Waals surface area contributed by atoms with Gasteiger partial charge in [-0.1, -0.05) is 358 Å². The third-order valence-electron chi connectivity index (χ3n) is 18.0. The van der Waals surface area contributed by atoms with Crippen molar-refractivity contribution in [3.05, 3.63) is 48.6 Å². The standard InChI is InChI=1S/C82H153NO8/c1-6-8-10-12-14-16-18-20-22-24-26-28-30-32-34-35-36-37-38-39-40-41-42-43-44-45-47-49-51-53-55-57-59-61-63-65-67-69-71-73-80(85)91-78(77-90-82(81(86)87)88-75-74-83(3,4)5)76-89-79(84)72-70-68-66-64-62-60-58-56-54-52-50-48-46-33-31-29-27-25-23-21-19-17-15-13-11-9-7-2/h18-21,24-27,78,82H,6-17,22-23,28-77H2,1-5H3/b20-18-,21-19-,26-24-,27-25-. The van der Waals surface area contributed by atoms with E-state index in [2.05, 4.69) is 62.5 Å². The molecule has 0 saturated carbocycles. The van der Waals surface area contributed by atoms with E-state index in [1.54, 1.807) is 0 Å². The van der Waals surface area contributed by atoms with Gasteiger partial charge in [-0.25, -0.2) is 0 Å². The number of allylic oxidation sites excluding steroid dienone is 8. The van der Waals surface area contributed by atoms with E-state index in [0.717, 1.165) is 51.4 Å². The zero-order chi connectivity index (χ0) is 66.1. The molecular formula is C82H153NO8. The Hall–Kier alpha value is -2.75. The Morgan fingerprint density at radius 3 is 0.868 bits per heavy atom. The molecule has 0 amide bonds. The summed E-state index contributed by atoms with van der Waals surface area (Å²) < 4.78 is 22.9. The van der Waals surface area contributed by atoms with Crippen molar-refractivity contribution in [1.82, 2.24) is 0 Å². The summed E-state index contributed by atoms with van der Waals surface area (Å²) in [6.45, 7) is 4.80. The molecule has 2 atom stereocenters. The van der Waals surface area contributed by atoms with Gasteiger partial charge in [0.1, 0.15) is 13.2 Å². The molecule has 91 heavy (non-hydrogen) atoms. The Balaban J connectivity index is 3.96. The van der Waals surface area contributed by atoms with Crippen LogP contribution in [0.5, 0.6) is 0 Å². The quantitative estimate of drug-likeness (QED) is 0.0195. The lowest BCUT2D eigenvalue weighted by Gasteiger charge is -2.26. The molecule has 0 aliphatic carbocycles. The first-order valence-electron chi connectivity index (χ1n) is 39.8. The van der Waals surface area contributed by atoms with Crippen LogP contribution < -0.4 is 5.11 Å². The maximum Gasteiger partial charge on any atom is 0.306 e. The predicted octanol–water partition coefficient (Wildman–Crippen LogP) is 23.9. The molecule has 534 valence electrons. The summed E-state index contributed by atoms with van der Waals surface area (Å²) in [5.74, 6) is -2.25. The molecule has 0 N–H and O–H groups in total. The van der Waals surface area contributed by atoms with Crippen molar-refractivity contribution in [1.29, 1.82) is 0 Å². The molecule has 0 bridgehead atoms. The van der Waals surface area contributed by atoms with Crippen molar-refractivity contribution in [3.8, 4) is 0 Å². The monoisotopic (exact) mass is 1280 g/mol. The summed E-state index contributed by atoms with van der Waals surface area (Å²) in [4.78, 5) is 37.6. The number of quaternary nitrogens is 1. The van der Waals surface area contributed by atoms with Crippen LogP contribution in [-0.2, 0) is 33.3 Å². The van der Waals surface area contributed by atoms with Gasteiger partial charge < -0.3 is 33.3 Å². The number of hydrogen-bond acceptors (Lipinski definition) is 8. The Morgan fingerprint density at radius 2 is 0.593 bits per heavy atom. The van der Waals surface area contributed by atoms with Gasteiger partial charge >= 0.3 is 11.9 Å². The molecule has 0 spiro atoms. The fraction of sp³-hybridized carbons (Fsp3) is 0.866. The second-order valence-corrected chi connectivity index (χ2v) is 28.4. The average Bonchev–Trinajstić information content (AvgIpc) is 3.46. The number of nitrogens with zero attached hydrogens (tertiary/aromatic N) is 1. The summed E-state index contributed by atoms with van der Waals surface area (Å²) in [5, 5.41) is 11.9. The van der Waals surface area contributed by atoms with Crippen LogP contribution in [0, 0.1) is 0 Å². The maximum absolute atomic E-state index is 13.0. The Labute approximate surface area is 565 Å². The number of aliphatic carboxylic acids is 1. The van der Waals surface area contributed by atoms with Crippen LogP contribution in [0.4, 0.5) is 0 Å². The van der Waals surface area contributed by atoms with Crippen molar-refractivity contribution in [2.75, 3.05) is 47.5 Å². The number of carboxylic acids is 1. The average molecular weight is 1280 g/mol. The van der Waals surface area contributed by atoms with E-state index in [4.69, 9.17) is 18.9 Å². The minimum Gasteiger partial charge on any atom is -0.545 e. The van der Waals surface area contributed by atoms with Crippen molar-refractivity contribution in [2.45, 2.75) is 411 Å². The molecule has 9 heteroatoms. The maximum atomic E-state index is 13.0. The molecule has 2 unspecified atom stereocenters. The van der Waals surface area contributed by atoms with E-state index in [1.807, 2.05) is 21.1 Å². The van der Waals surface area contributed by atoms with Crippen molar-refractivity contribution in [2.24, 2.45) is 0 Å². The first-order chi connectivity index (χ1) is 44.6. The van der Waals surface area contributed by atoms with Crippen molar-refractivity contribution >= 4 is 17.9 Å². The number of likely N-dealkylation sites (N-methyl/N-ethyl adjacent to an activating group) is 1. The molecule has 9 nitrogen and oxygen atoms in total. The van der Waals surface area contributed by atoms with Crippen LogP contribution >= 0.6 is 0 Å². The number of unbranched alkanes of at least 4 members (excludes halogenated alkanes) is 52. The van der Waals surface area contributed by atoms with Crippen LogP contribution in [0.1, 0.15) is 399 Å². The second kappa shape index (κ2) is 73.1. The Morgan fingerprint density at radius 1 is 0.330 bits per heavy atom. The van der Waals surface area contributed by atoms with Gasteiger partial charge in [0, 0.05) is 12.8 Å². The van der Waals surface area contributed by atoms with Gasteiger partial charge in [0.25, 0.3) is 0 Å². The summed E-state index contributed by atoms with van der Waals surface area (Å²) in [5.41, 5.74) is 0. The van der Waals surface area contributed by atoms with E-state index >= 15 is 0 Å². The highest BCUT2D eigenvalue weighted by molar-refractivity contribution is 5.70. The lowest BCUT2D eigenvalue weighted by atomic mass is 10.0. The Bertz CT molecular complexity index is 1630. The van der Waals surface area contributed by atoms with E-state index < -0.39 is 24.3 Å². The van der Waals surface area contributed by atoms with Gasteiger partial charge in [-0.15, -0.1) is 0 Å². The highest BCUT2D eigenvalue weighted by atomic mass is 16.7. The summed E-state index contributed by atoms with van der Waals surface area (Å²) in [6, 6.07) is 0. The van der Waals surface area contributed by atoms with Gasteiger partial charge in [0.2, 0.25) is 0 Å². The molecule has 0 aromatic carbocycles. The molecule has 0 heterocycles. The third-order valence-corrected chi connectivity index (χ3v) is 18.0. The topological polar surface area (TPSA) is 111 Å². The van der Waals surface area contributed by atoms with Gasteiger partial charge in [-0.05, 0) is 77.0 Å². The van der Waals surface area contributed by atoms with Crippen molar-refractivity contribution < 1.29 is 42.9 Å². The predicted molar refractivity (Wildman–Crippen MR) is 389 cm³/mol. The number of hydrogen-bond donors (Lipinski definition) is 0. The highest BCUT2D eigenvalue weighted by Crippen LogP contribution is 2.19. The SMILES string of the molecule is CCCCCCC/C=C\C/C=C\CCCCCCCCCCCCCCCCCCCCCCCCCCCCCC(=O)OC(COC(=O)CCCCCCCCCCCCCCCCC/C=C\C/C=C\CCCCCCC)COC(OCC[N+](C)(C)C)C(=O)[O-]. The number of carboxylic acid groups (broad SMARTS) is 1. The number of esters is 2. The molecule has 0 radical (unpaired) electrons.